The zero-order valence-corrected chi connectivity index (χ0v) is 20.1. The van der Waals surface area contributed by atoms with Gasteiger partial charge in [0, 0.05) is 23.6 Å². The molecule has 0 saturated carbocycles. The largest absolute Gasteiger partial charge is 0.490 e. The number of benzene rings is 1. The van der Waals surface area contributed by atoms with Gasteiger partial charge in [-0.2, -0.15) is 23.4 Å². The number of nitrogens with one attached hydrogen (secondary N) is 2. The molecule has 0 atom stereocenters. The number of nitrogens with zero attached hydrogens (tertiary/aromatic N) is 7. The first-order valence-corrected chi connectivity index (χ1v) is 10.9. The van der Waals surface area contributed by atoms with Gasteiger partial charge < -0.3 is 14.9 Å². The molecule has 5 rings (SSSR count). The molecule has 0 amide bonds. The predicted molar refractivity (Wildman–Crippen MR) is 128 cm³/mol. The van der Waals surface area contributed by atoms with Gasteiger partial charge in [-0.1, -0.05) is 5.16 Å². The molecule has 5 aromatic rings. The topological polar surface area (TPSA) is 161 Å². The number of carboxylic acids is 1. The van der Waals surface area contributed by atoms with Crippen molar-refractivity contribution < 1.29 is 27.6 Å². The molecule has 0 bridgehead atoms. The van der Waals surface area contributed by atoms with Crippen LogP contribution in [0.1, 0.15) is 17.4 Å². The van der Waals surface area contributed by atoms with Gasteiger partial charge in [-0.25, -0.2) is 24.4 Å². The smallest absolute Gasteiger partial charge is 0.475 e. The molecule has 1 aromatic carbocycles. The molecule has 15 heteroatoms. The Morgan fingerprint density at radius 3 is 2.39 bits per heavy atom. The Balaban J connectivity index is 0.000000426. The van der Waals surface area contributed by atoms with Crippen molar-refractivity contribution >= 4 is 17.6 Å². The number of alkyl halides is 3. The van der Waals surface area contributed by atoms with E-state index in [1.165, 1.54) is 0 Å². The van der Waals surface area contributed by atoms with E-state index >= 15 is 0 Å². The van der Waals surface area contributed by atoms with Crippen LogP contribution in [0.4, 0.5) is 24.8 Å². The lowest BCUT2D eigenvalue weighted by atomic mass is 10.1. The summed E-state index contributed by atoms with van der Waals surface area (Å²) < 4.78 is 39.0. The van der Waals surface area contributed by atoms with Crippen molar-refractivity contribution in [3.63, 3.8) is 0 Å². The highest BCUT2D eigenvalue weighted by atomic mass is 19.4. The van der Waals surface area contributed by atoms with Crippen molar-refractivity contribution in [1.82, 2.24) is 40.1 Å². The molecular formula is C23H20F3N9O3. The van der Waals surface area contributed by atoms with Crippen LogP contribution in [-0.2, 0) is 4.79 Å². The van der Waals surface area contributed by atoms with Crippen molar-refractivity contribution in [2.75, 3.05) is 5.32 Å². The van der Waals surface area contributed by atoms with Gasteiger partial charge in [0.05, 0.1) is 23.1 Å². The minimum atomic E-state index is -5.08. The van der Waals surface area contributed by atoms with E-state index in [1.54, 1.807) is 29.3 Å². The van der Waals surface area contributed by atoms with Gasteiger partial charge in [0.15, 0.2) is 0 Å². The quantitative estimate of drug-likeness (QED) is 0.299. The third-order valence-corrected chi connectivity index (χ3v) is 5.03. The van der Waals surface area contributed by atoms with Crippen LogP contribution in [0.2, 0.25) is 0 Å². The number of halogens is 3. The molecule has 0 unspecified atom stereocenters. The molecule has 0 fully saturated rings. The average molecular weight is 527 g/mol. The summed E-state index contributed by atoms with van der Waals surface area (Å²) in [4.78, 5) is 22.2. The van der Waals surface area contributed by atoms with Gasteiger partial charge in [0.1, 0.15) is 23.1 Å². The molecule has 0 aliphatic carbocycles. The Bertz CT molecular complexity index is 1540. The average Bonchev–Trinajstić information content (AvgIpc) is 3.60. The maximum Gasteiger partial charge on any atom is 0.490 e. The van der Waals surface area contributed by atoms with E-state index in [0.717, 1.165) is 34.2 Å². The summed E-state index contributed by atoms with van der Waals surface area (Å²) in [5.74, 6) is -0.0311. The van der Waals surface area contributed by atoms with E-state index in [2.05, 4.69) is 40.7 Å². The summed E-state index contributed by atoms with van der Waals surface area (Å²) in [6.07, 6.45) is 0.121. The second-order valence-electron chi connectivity index (χ2n) is 7.81. The van der Waals surface area contributed by atoms with Crippen LogP contribution in [0, 0.1) is 20.8 Å². The first-order chi connectivity index (χ1) is 18.0. The molecule has 0 saturated heterocycles. The summed E-state index contributed by atoms with van der Waals surface area (Å²) in [6, 6.07) is 9.61. The van der Waals surface area contributed by atoms with Crippen LogP contribution >= 0.6 is 0 Å². The summed E-state index contributed by atoms with van der Waals surface area (Å²) in [6.45, 7) is 5.66. The van der Waals surface area contributed by atoms with Gasteiger partial charge in [-0.15, -0.1) is 0 Å². The van der Waals surface area contributed by atoms with E-state index in [-0.39, 0.29) is 0 Å². The monoisotopic (exact) mass is 527 g/mol. The number of rotatable bonds is 5. The molecule has 4 aromatic heterocycles. The molecular weight excluding hydrogens is 507 g/mol. The normalized spacial score (nSPS) is 11.1. The Labute approximate surface area is 212 Å². The number of H-pyrrole nitrogens is 1. The van der Waals surface area contributed by atoms with Crippen LogP contribution in [0.5, 0.6) is 0 Å². The van der Waals surface area contributed by atoms with E-state index in [4.69, 9.17) is 14.4 Å². The number of aromatic nitrogens is 8. The van der Waals surface area contributed by atoms with Crippen molar-refractivity contribution in [2.24, 2.45) is 0 Å². The fourth-order valence-electron chi connectivity index (χ4n) is 3.41. The Morgan fingerprint density at radius 1 is 1.11 bits per heavy atom. The highest BCUT2D eigenvalue weighted by Crippen LogP contribution is 2.33. The van der Waals surface area contributed by atoms with Crippen molar-refractivity contribution in [1.29, 1.82) is 0 Å². The van der Waals surface area contributed by atoms with E-state index in [0.29, 0.717) is 23.1 Å². The highest BCUT2D eigenvalue weighted by molar-refractivity contribution is 5.80. The Kier molecular flexibility index (Phi) is 7.18. The molecule has 196 valence electrons. The van der Waals surface area contributed by atoms with Crippen LogP contribution in [-0.4, -0.2) is 57.3 Å². The lowest BCUT2D eigenvalue weighted by Crippen LogP contribution is -2.21. The zero-order chi connectivity index (χ0) is 27.4. The number of aromatic amines is 1. The third-order valence-electron chi connectivity index (χ3n) is 5.03. The number of carbonyl (C=O) groups is 1. The van der Waals surface area contributed by atoms with Crippen LogP contribution in [0.3, 0.4) is 0 Å². The Hall–Kier alpha value is -5.08. The van der Waals surface area contributed by atoms with Gasteiger partial charge in [0.2, 0.25) is 5.95 Å². The summed E-state index contributed by atoms with van der Waals surface area (Å²) >= 11 is 0. The fourth-order valence-corrected chi connectivity index (χ4v) is 3.41. The van der Waals surface area contributed by atoms with Crippen molar-refractivity contribution in [3.8, 4) is 28.2 Å². The fraction of sp³-hybridized carbons (Fsp3) is 0.174. The molecule has 3 N–H and O–H groups in total. The molecule has 4 heterocycles. The minimum absolute atomic E-state index is 0.455. The van der Waals surface area contributed by atoms with Gasteiger partial charge >= 0.3 is 12.1 Å². The molecule has 0 spiro atoms. The maximum absolute atomic E-state index is 10.6. The van der Waals surface area contributed by atoms with Crippen LogP contribution in [0.25, 0.3) is 28.2 Å². The SMILES string of the molecule is Cc1nc(C)n(-c2ccc(Nc3nccc(-c4noc(C)c4-c4cn[nH]c4)n3)cc2)n1.O=C(O)C(F)(F)F. The number of aryl methyl sites for hydroxylation is 3. The minimum Gasteiger partial charge on any atom is -0.475 e. The lowest BCUT2D eigenvalue weighted by molar-refractivity contribution is -0.192. The molecule has 0 aliphatic heterocycles. The molecule has 0 radical (unpaired) electrons. The van der Waals surface area contributed by atoms with Gasteiger partial charge in [-0.3, -0.25) is 5.10 Å². The van der Waals surface area contributed by atoms with E-state index < -0.39 is 12.1 Å². The Morgan fingerprint density at radius 2 is 1.82 bits per heavy atom. The molecule has 0 aliphatic rings. The number of carboxylic acid groups (broad SMARTS) is 1. The second kappa shape index (κ2) is 10.5. The van der Waals surface area contributed by atoms with E-state index in [1.807, 2.05) is 45.0 Å². The summed E-state index contributed by atoms with van der Waals surface area (Å²) in [7, 11) is 0. The molecule has 12 nitrogen and oxygen atoms in total. The third kappa shape index (κ3) is 5.83. The molecule has 38 heavy (non-hydrogen) atoms. The highest BCUT2D eigenvalue weighted by Gasteiger charge is 2.38. The van der Waals surface area contributed by atoms with Crippen LogP contribution < -0.4 is 5.32 Å². The zero-order valence-electron chi connectivity index (χ0n) is 20.1. The summed E-state index contributed by atoms with van der Waals surface area (Å²) in [5.41, 5.74) is 4.80. The maximum atomic E-state index is 10.6. The summed E-state index contributed by atoms with van der Waals surface area (Å²) in [5, 5.41) is 25.8. The van der Waals surface area contributed by atoms with Crippen molar-refractivity contribution in [2.45, 2.75) is 26.9 Å². The van der Waals surface area contributed by atoms with Gasteiger partial charge in [0.25, 0.3) is 0 Å². The van der Waals surface area contributed by atoms with Crippen LogP contribution in [0.15, 0.2) is 53.4 Å². The first kappa shape index (κ1) is 26.0. The second-order valence-corrected chi connectivity index (χ2v) is 7.81. The lowest BCUT2D eigenvalue weighted by Gasteiger charge is -2.08. The predicted octanol–water partition coefficient (Wildman–Crippen LogP) is 4.40. The number of hydrogen-bond donors (Lipinski definition) is 3. The number of hydrogen-bond acceptors (Lipinski definition) is 9. The first-order valence-electron chi connectivity index (χ1n) is 10.9. The standard InChI is InChI=1S/C21H19N9O.C2HF3O2/c1-12-19(15-10-23-24-11-15)20(29-31-12)18-8-9-22-21(27-18)26-16-4-6-17(7-5-16)30-14(3)25-13(2)28-30;3-2(4,5)1(6)7/h4-11H,1-3H3,(H,23,24)(H,22,26,27);(H,6,7). The van der Waals surface area contributed by atoms with Crippen molar-refractivity contribution in [3.05, 3.63) is 66.3 Å². The number of anilines is 2. The van der Waals surface area contributed by atoms with E-state index in [9.17, 15) is 13.2 Å². The van der Waals surface area contributed by atoms with Gasteiger partial charge in [-0.05, 0) is 51.1 Å². The number of aliphatic carboxylic acids is 1.